The van der Waals surface area contributed by atoms with Crippen molar-refractivity contribution in [2.24, 2.45) is 0 Å². The van der Waals surface area contributed by atoms with E-state index in [1.165, 1.54) is 95.9 Å². The zero-order valence-electron chi connectivity index (χ0n) is 22.9. The van der Waals surface area contributed by atoms with E-state index in [1.807, 2.05) is 6.07 Å². The fraction of sp³-hybridized carbons (Fsp3) is 0.333. The van der Waals surface area contributed by atoms with Gasteiger partial charge in [0.1, 0.15) is 5.75 Å². The molecule has 37 heavy (non-hydrogen) atoms. The Balaban J connectivity index is 1.57. The molecule has 0 amide bonds. The van der Waals surface area contributed by atoms with E-state index in [2.05, 4.69) is 98.8 Å². The molecular weight excluding hydrogens is 448 g/mol. The maximum Gasteiger partial charge on any atom is 0.119 e. The van der Waals surface area contributed by atoms with Gasteiger partial charge in [-0.15, -0.1) is 0 Å². The van der Waals surface area contributed by atoms with E-state index in [9.17, 15) is 0 Å². The maximum absolute atomic E-state index is 5.53. The van der Waals surface area contributed by atoms with E-state index >= 15 is 0 Å². The minimum Gasteiger partial charge on any atom is -0.497 e. The summed E-state index contributed by atoms with van der Waals surface area (Å²) >= 11 is 0. The van der Waals surface area contributed by atoms with Crippen molar-refractivity contribution in [1.82, 2.24) is 0 Å². The van der Waals surface area contributed by atoms with Crippen molar-refractivity contribution >= 4 is 0 Å². The zero-order valence-corrected chi connectivity index (χ0v) is 22.9. The van der Waals surface area contributed by atoms with E-state index in [-0.39, 0.29) is 0 Å². The van der Waals surface area contributed by atoms with E-state index in [1.54, 1.807) is 7.11 Å². The Bertz CT molecular complexity index is 1270. The fourth-order valence-corrected chi connectivity index (χ4v) is 5.37. The van der Waals surface area contributed by atoms with Crippen LogP contribution in [0.25, 0.3) is 33.4 Å². The zero-order chi connectivity index (χ0) is 25.9. The first-order valence-corrected chi connectivity index (χ1v) is 14.1. The Kier molecular flexibility index (Phi) is 10.0. The largest absolute Gasteiger partial charge is 0.497 e. The van der Waals surface area contributed by atoms with Gasteiger partial charge in [0.05, 0.1) is 7.11 Å². The van der Waals surface area contributed by atoms with Crippen molar-refractivity contribution in [3.63, 3.8) is 0 Å². The van der Waals surface area contributed by atoms with Gasteiger partial charge in [0.2, 0.25) is 0 Å². The molecule has 0 saturated carbocycles. The van der Waals surface area contributed by atoms with Gasteiger partial charge >= 0.3 is 0 Å². The molecule has 192 valence electrons. The second kappa shape index (κ2) is 13.8. The predicted octanol–water partition coefficient (Wildman–Crippen LogP) is 10.7. The summed E-state index contributed by atoms with van der Waals surface area (Å²) in [7, 11) is 1.73. The summed E-state index contributed by atoms with van der Waals surface area (Å²) in [5, 5.41) is 0. The Morgan fingerprint density at radius 1 is 0.568 bits per heavy atom. The van der Waals surface area contributed by atoms with Gasteiger partial charge in [0.15, 0.2) is 0 Å². The molecule has 1 nitrogen and oxygen atoms in total. The highest BCUT2D eigenvalue weighted by molar-refractivity contribution is 5.93. The van der Waals surface area contributed by atoms with Crippen LogP contribution >= 0.6 is 0 Å². The minimum absolute atomic E-state index is 0.881. The van der Waals surface area contributed by atoms with Crippen molar-refractivity contribution in [1.29, 1.82) is 0 Å². The van der Waals surface area contributed by atoms with E-state index in [0.717, 1.165) is 12.2 Å². The lowest BCUT2D eigenvalue weighted by Crippen LogP contribution is -1.93. The summed E-state index contributed by atoms with van der Waals surface area (Å²) in [4.78, 5) is 0. The third-order valence-electron chi connectivity index (χ3n) is 7.41. The van der Waals surface area contributed by atoms with Crippen molar-refractivity contribution in [3.8, 4) is 39.1 Å². The number of hydrogen-bond acceptors (Lipinski definition) is 1. The first kappa shape index (κ1) is 26.7. The molecule has 0 radical (unpaired) electrons. The van der Waals surface area contributed by atoms with Crippen LogP contribution in [0.2, 0.25) is 0 Å². The van der Waals surface area contributed by atoms with Gasteiger partial charge < -0.3 is 4.74 Å². The molecule has 0 aliphatic carbocycles. The van der Waals surface area contributed by atoms with Crippen LogP contribution in [-0.2, 0) is 6.42 Å². The Morgan fingerprint density at radius 2 is 1.19 bits per heavy atom. The predicted molar refractivity (Wildman–Crippen MR) is 160 cm³/mol. The summed E-state index contributed by atoms with van der Waals surface area (Å²) in [5.74, 6) is 0.881. The molecule has 0 unspecified atom stereocenters. The fourth-order valence-electron chi connectivity index (χ4n) is 5.37. The van der Waals surface area contributed by atoms with Crippen LogP contribution in [-0.4, -0.2) is 7.11 Å². The highest BCUT2D eigenvalue weighted by atomic mass is 16.5. The van der Waals surface area contributed by atoms with Crippen LogP contribution in [0.3, 0.4) is 0 Å². The highest BCUT2D eigenvalue weighted by Crippen LogP contribution is 2.40. The first-order valence-electron chi connectivity index (χ1n) is 14.1. The molecule has 0 saturated heterocycles. The van der Waals surface area contributed by atoms with E-state index < -0.39 is 0 Å². The van der Waals surface area contributed by atoms with E-state index in [4.69, 9.17) is 4.74 Å². The molecule has 0 aliphatic heterocycles. The number of methoxy groups -OCH3 is 1. The standard InChI is InChI=1S/C36H42O/c1-4-5-6-7-8-9-10-11-18-29-19-15-20-30(26-29)33-23-12-13-24-35(33)36-28(2)17-14-25-34(36)31-21-16-22-32(27-31)37-3/h12-17,19-27H,4-11,18H2,1-3H3. The Labute approximate surface area is 224 Å². The molecule has 1 heteroatoms. The minimum atomic E-state index is 0.881. The summed E-state index contributed by atoms with van der Waals surface area (Å²) in [6, 6.07) is 33.0. The third-order valence-corrected chi connectivity index (χ3v) is 7.41. The molecule has 0 bridgehead atoms. The summed E-state index contributed by atoms with van der Waals surface area (Å²) in [5.41, 5.74) is 10.3. The lowest BCUT2D eigenvalue weighted by Gasteiger charge is -2.18. The van der Waals surface area contributed by atoms with Crippen molar-refractivity contribution in [3.05, 3.63) is 102 Å². The van der Waals surface area contributed by atoms with Gasteiger partial charge in [-0.25, -0.2) is 0 Å². The van der Waals surface area contributed by atoms with Crippen molar-refractivity contribution in [2.45, 2.75) is 71.6 Å². The monoisotopic (exact) mass is 490 g/mol. The molecular formula is C36H42O. The average Bonchev–Trinajstić information content (AvgIpc) is 2.94. The molecule has 0 aliphatic rings. The SMILES string of the molecule is CCCCCCCCCCc1cccc(-c2ccccc2-c2c(C)cccc2-c2cccc(OC)c2)c1. The summed E-state index contributed by atoms with van der Waals surface area (Å²) in [6.07, 6.45) is 12.0. The van der Waals surface area contributed by atoms with Crippen LogP contribution in [0.1, 0.15) is 69.4 Å². The lowest BCUT2D eigenvalue weighted by atomic mass is 9.86. The first-order chi connectivity index (χ1) is 18.2. The van der Waals surface area contributed by atoms with Gasteiger partial charge in [-0.2, -0.15) is 0 Å². The van der Waals surface area contributed by atoms with Gasteiger partial charge in [-0.1, -0.05) is 131 Å². The third kappa shape index (κ3) is 7.13. The molecule has 4 rings (SSSR count). The van der Waals surface area contributed by atoms with Crippen LogP contribution in [0.4, 0.5) is 0 Å². The van der Waals surface area contributed by atoms with Crippen LogP contribution in [0.15, 0.2) is 91.0 Å². The second-order valence-corrected chi connectivity index (χ2v) is 10.2. The van der Waals surface area contributed by atoms with Gasteiger partial charge in [-0.3, -0.25) is 0 Å². The van der Waals surface area contributed by atoms with Crippen molar-refractivity contribution in [2.75, 3.05) is 7.11 Å². The smallest absolute Gasteiger partial charge is 0.119 e. The number of rotatable bonds is 13. The molecule has 0 aromatic heterocycles. The number of benzene rings is 4. The summed E-state index contributed by atoms with van der Waals surface area (Å²) in [6.45, 7) is 4.50. The van der Waals surface area contributed by atoms with E-state index in [0.29, 0.717) is 0 Å². The molecule has 0 spiro atoms. The van der Waals surface area contributed by atoms with Crippen molar-refractivity contribution < 1.29 is 4.74 Å². The van der Waals surface area contributed by atoms with Gasteiger partial charge in [0, 0.05) is 0 Å². The number of ether oxygens (including phenoxy) is 1. The summed E-state index contributed by atoms with van der Waals surface area (Å²) < 4.78 is 5.53. The topological polar surface area (TPSA) is 9.23 Å². The normalized spacial score (nSPS) is 11.0. The molecule has 0 fully saturated rings. The van der Waals surface area contributed by atoms with Crippen LogP contribution in [0.5, 0.6) is 5.75 Å². The average molecular weight is 491 g/mol. The second-order valence-electron chi connectivity index (χ2n) is 10.2. The molecule has 0 N–H and O–H groups in total. The molecule has 0 heterocycles. The Morgan fingerprint density at radius 3 is 1.95 bits per heavy atom. The van der Waals surface area contributed by atoms with Crippen LogP contribution < -0.4 is 4.74 Å². The van der Waals surface area contributed by atoms with Gasteiger partial charge in [0.25, 0.3) is 0 Å². The number of aryl methyl sites for hydroxylation is 2. The number of unbranched alkanes of at least 4 members (excludes halogenated alkanes) is 7. The highest BCUT2D eigenvalue weighted by Gasteiger charge is 2.15. The molecule has 0 atom stereocenters. The maximum atomic E-state index is 5.53. The lowest BCUT2D eigenvalue weighted by molar-refractivity contribution is 0.415. The van der Waals surface area contributed by atoms with Gasteiger partial charge in [-0.05, 0) is 76.4 Å². The Hall–Kier alpha value is -3.32. The quantitative estimate of drug-likeness (QED) is 0.169. The number of hydrogen-bond donors (Lipinski definition) is 0. The van der Waals surface area contributed by atoms with Crippen LogP contribution in [0, 0.1) is 6.92 Å². The molecule has 4 aromatic carbocycles. The molecule has 4 aromatic rings.